The highest BCUT2D eigenvalue weighted by atomic mass is 127. The molecule has 1 amide bonds. The third-order valence-corrected chi connectivity index (χ3v) is 5.66. The van der Waals surface area contributed by atoms with Gasteiger partial charge in [0, 0.05) is 4.47 Å². The van der Waals surface area contributed by atoms with Crippen LogP contribution < -0.4 is 14.9 Å². The third kappa shape index (κ3) is 4.64. The van der Waals surface area contributed by atoms with Crippen molar-refractivity contribution in [2.45, 2.75) is 6.42 Å². The molecular formula is C21H18BrIN2O3. The van der Waals surface area contributed by atoms with E-state index < -0.39 is 0 Å². The Kier molecular flexibility index (Phi) is 6.90. The van der Waals surface area contributed by atoms with Gasteiger partial charge in [0.2, 0.25) is 5.91 Å². The number of hydrogen-bond donors (Lipinski definition) is 1. The predicted octanol–water partition coefficient (Wildman–Crippen LogP) is 4.92. The summed E-state index contributed by atoms with van der Waals surface area (Å²) in [7, 11) is 3.18. The molecule has 3 rings (SSSR count). The van der Waals surface area contributed by atoms with E-state index in [0.717, 1.165) is 29.9 Å². The Morgan fingerprint density at radius 1 is 1.14 bits per heavy atom. The Labute approximate surface area is 185 Å². The summed E-state index contributed by atoms with van der Waals surface area (Å²) in [5.41, 5.74) is 4.34. The van der Waals surface area contributed by atoms with Gasteiger partial charge in [0.15, 0.2) is 11.5 Å². The molecule has 0 unspecified atom stereocenters. The number of nitrogens with one attached hydrogen (secondary N) is 1. The molecule has 0 aromatic heterocycles. The van der Waals surface area contributed by atoms with E-state index in [0.29, 0.717) is 11.5 Å². The van der Waals surface area contributed by atoms with Gasteiger partial charge in [-0.2, -0.15) is 5.10 Å². The zero-order valence-corrected chi connectivity index (χ0v) is 19.1. The lowest BCUT2D eigenvalue weighted by atomic mass is 10.0. The number of methoxy groups -OCH3 is 2. The highest BCUT2D eigenvalue weighted by molar-refractivity contribution is 14.1. The monoisotopic (exact) mass is 552 g/mol. The number of hydrazone groups is 1. The maximum absolute atomic E-state index is 12.3. The van der Waals surface area contributed by atoms with Gasteiger partial charge in [-0.3, -0.25) is 4.79 Å². The standard InChI is InChI=1S/C21H18BrIN2O3/c1-27-19-10-13(9-18(23)21(19)28-2)12-24-25-20(26)11-14-7-8-17(22)16-6-4-3-5-15(14)16/h3-10,12H,11H2,1-2H3,(H,25,26)/b24-12+. The zero-order valence-electron chi connectivity index (χ0n) is 15.3. The maximum Gasteiger partial charge on any atom is 0.244 e. The smallest absolute Gasteiger partial charge is 0.244 e. The Balaban J connectivity index is 1.72. The van der Waals surface area contributed by atoms with Crippen LogP contribution in [0.15, 0.2) is 58.1 Å². The molecule has 28 heavy (non-hydrogen) atoms. The Morgan fingerprint density at radius 2 is 1.89 bits per heavy atom. The van der Waals surface area contributed by atoms with Crippen LogP contribution in [0.3, 0.4) is 0 Å². The van der Waals surface area contributed by atoms with Crippen LogP contribution >= 0.6 is 38.5 Å². The van der Waals surface area contributed by atoms with Gasteiger partial charge >= 0.3 is 0 Å². The minimum absolute atomic E-state index is 0.182. The van der Waals surface area contributed by atoms with Crippen LogP contribution in [-0.2, 0) is 11.2 Å². The summed E-state index contributed by atoms with van der Waals surface area (Å²) in [6.45, 7) is 0. The first-order chi connectivity index (χ1) is 13.5. The topological polar surface area (TPSA) is 59.9 Å². The predicted molar refractivity (Wildman–Crippen MR) is 123 cm³/mol. The molecule has 0 spiro atoms. The van der Waals surface area contributed by atoms with Crippen molar-refractivity contribution in [3.05, 3.63) is 67.7 Å². The summed E-state index contributed by atoms with van der Waals surface area (Å²) in [4.78, 5) is 12.3. The summed E-state index contributed by atoms with van der Waals surface area (Å²) in [6.07, 6.45) is 1.83. The second-order valence-electron chi connectivity index (χ2n) is 5.96. The maximum atomic E-state index is 12.3. The van der Waals surface area contributed by atoms with E-state index in [9.17, 15) is 4.79 Å². The fourth-order valence-corrected chi connectivity index (χ4v) is 4.21. The molecule has 3 aromatic rings. The molecule has 0 radical (unpaired) electrons. The summed E-state index contributed by atoms with van der Waals surface area (Å²) >= 11 is 5.72. The highest BCUT2D eigenvalue weighted by Gasteiger charge is 2.10. The third-order valence-electron chi connectivity index (χ3n) is 4.17. The number of hydrogen-bond acceptors (Lipinski definition) is 4. The van der Waals surface area contributed by atoms with Crippen LogP contribution in [0, 0.1) is 3.57 Å². The average molecular weight is 553 g/mol. The number of nitrogens with zero attached hydrogens (tertiary/aromatic N) is 1. The van der Waals surface area contributed by atoms with Crippen LogP contribution in [-0.4, -0.2) is 26.3 Å². The molecule has 0 aliphatic rings. The van der Waals surface area contributed by atoms with E-state index >= 15 is 0 Å². The second-order valence-corrected chi connectivity index (χ2v) is 7.98. The van der Waals surface area contributed by atoms with Gasteiger partial charge < -0.3 is 9.47 Å². The number of amides is 1. The SMILES string of the molecule is COc1cc(/C=N/NC(=O)Cc2ccc(Br)c3ccccc23)cc(I)c1OC. The van der Waals surface area contributed by atoms with E-state index in [-0.39, 0.29) is 12.3 Å². The molecule has 0 atom stereocenters. The molecule has 7 heteroatoms. The van der Waals surface area contributed by atoms with Crippen molar-refractivity contribution in [2.24, 2.45) is 5.10 Å². The second kappa shape index (κ2) is 9.38. The Bertz CT molecular complexity index is 1050. The summed E-state index contributed by atoms with van der Waals surface area (Å²) < 4.78 is 12.6. The van der Waals surface area contributed by atoms with Crippen molar-refractivity contribution in [2.75, 3.05) is 14.2 Å². The van der Waals surface area contributed by atoms with Gasteiger partial charge in [0.25, 0.3) is 0 Å². The van der Waals surface area contributed by atoms with Crippen molar-refractivity contribution in [3.63, 3.8) is 0 Å². The number of carbonyl (C=O) groups excluding carboxylic acids is 1. The molecule has 144 valence electrons. The Morgan fingerprint density at radius 3 is 2.61 bits per heavy atom. The van der Waals surface area contributed by atoms with Crippen molar-refractivity contribution in [1.82, 2.24) is 5.43 Å². The van der Waals surface area contributed by atoms with Crippen molar-refractivity contribution < 1.29 is 14.3 Å². The van der Waals surface area contributed by atoms with Gasteiger partial charge in [-0.25, -0.2) is 5.43 Å². The van der Waals surface area contributed by atoms with E-state index in [1.807, 2.05) is 42.5 Å². The van der Waals surface area contributed by atoms with Gasteiger partial charge in [0.05, 0.1) is 30.4 Å². The molecule has 0 heterocycles. The average Bonchev–Trinajstić information content (AvgIpc) is 2.70. The number of fused-ring (bicyclic) bond motifs is 1. The minimum atomic E-state index is -0.182. The molecule has 0 aliphatic heterocycles. The molecule has 0 aliphatic carbocycles. The molecule has 5 nitrogen and oxygen atoms in total. The number of halogens is 2. The van der Waals surface area contributed by atoms with Crippen molar-refractivity contribution in [3.8, 4) is 11.5 Å². The summed E-state index contributed by atoms with van der Waals surface area (Å²) in [6, 6.07) is 15.6. The summed E-state index contributed by atoms with van der Waals surface area (Å²) in [5.74, 6) is 1.11. The van der Waals surface area contributed by atoms with Crippen LogP contribution in [0.2, 0.25) is 0 Å². The lowest BCUT2D eigenvalue weighted by Gasteiger charge is -2.10. The van der Waals surface area contributed by atoms with Crippen LogP contribution in [0.5, 0.6) is 11.5 Å². The molecule has 0 fully saturated rings. The first kappa shape index (κ1) is 20.6. The first-order valence-corrected chi connectivity index (χ1v) is 10.3. The fraction of sp³-hybridized carbons (Fsp3) is 0.143. The molecular weight excluding hydrogens is 535 g/mol. The van der Waals surface area contributed by atoms with Gasteiger partial charge in [0.1, 0.15) is 0 Å². The number of carbonyl (C=O) groups is 1. The van der Waals surface area contributed by atoms with Crippen LogP contribution in [0.25, 0.3) is 10.8 Å². The molecule has 0 bridgehead atoms. The van der Waals surface area contributed by atoms with Gasteiger partial charge in [-0.1, -0.05) is 46.3 Å². The normalized spacial score (nSPS) is 11.0. The number of benzene rings is 3. The lowest BCUT2D eigenvalue weighted by Crippen LogP contribution is -2.20. The van der Waals surface area contributed by atoms with Crippen LogP contribution in [0.1, 0.15) is 11.1 Å². The van der Waals surface area contributed by atoms with Crippen LogP contribution in [0.4, 0.5) is 0 Å². The van der Waals surface area contributed by atoms with Crippen molar-refractivity contribution >= 4 is 61.4 Å². The fourth-order valence-electron chi connectivity index (χ4n) is 2.88. The number of ether oxygens (including phenoxy) is 2. The quantitative estimate of drug-likeness (QED) is 0.268. The van der Waals surface area contributed by atoms with Gasteiger partial charge in [-0.15, -0.1) is 0 Å². The molecule has 0 saturated heterocycles. The van der Waals surface area contributed by atoms with Crippen molar-refractivity contribution in [1.29, 1.82) is 0 Å². The largest absolute Gasteiger partial charge is 0.493 e. The molecule has 1 N–H and O–H groups in total. The number of rotatable bonds is 6. The minimum Gasteiger partial charge on any atom is -0.493 e. The van der Waals surface area contributed by atoms with E-state index in [1.54, 1.807) is 26.5 Å². The van der Waals surface area contributed by atoms with Gasteiger partial charge in [-0.05, 0) is 62.7 Å². The van der Waals surface area contributed by atoms with E-state index in [2.05, 4.69) is 49.0 Å². The molecule has 0 saturated carbocycles. The lowest BCUT2D eigenvalue weighted by molar-refractivity contribution is -0.120. The first-order valence-electron chi connectivity index (χ1n) is 8.43. The zero-order chi connectivity index (χ0) is 20.1. The highest BCUT2D eigenvalue weighted by Crippen LogP contribution is 2.33. The Hall–Kier alpha value is -2.13. The van der Waals surface area contributed by atoms with E-state index in [1.165, 1.54) is 0 Å². The summed E-state index contributed by atoms with van der Waals surface area (Å²) in [5, 5.41) is 6.20. The molecule has 3 aromatic carbocycles. The van der Waals surface area contributed by atoms with E-state index in [4.69, 9.17) is 9.47 Å².